The number of benzene rings is 2. The quantitative estimate of drug-likeness (QED) is 0.498. The number of hydrogen-bond acceptors (Lipinski definition) is 6. The zero-order chi connectivity index (χ0) is 24.4. The Labute approximate surface area is 209 Å². The number of hydrogen-bond donors (Lipinski definition) is 0. The van der Waals surface area contributed by atoms with Gasteiger partial charge in [0.1, 0.15) is 5.69 Å². The first-order valence-corrected chi connectivity index (χ1v) is 13.6. The third-order valence-corrected chi connectivity index (χ3v) is 8.66. The number of rotatable bonds is 6. The van der Waals surface area contributed by atoms with Crippen LogP contribution < -0.4 is 15.2 Å². The first-order valence-electron chi connectivity index (χ1n) is 11.8. The van der Waals surface area contributed by atoms with Crippen LogP contribution in [0, 0.1) is 0 Å². The molecule has 3 aromatic rings. The molecule has 35 heavy (non-hydrogen) atoms. The topological polar surface area (TPSA) is 84.7 Å². The lowest BCUT2D eigenvalue weighted by molar-refractivity contribution is 0.205. The summed E-state index contributed by atoms with van der Waals surface area (Å²) in [6, 6.07) is 15.4. The monoisotopic (exact) mass is 514 g/mol. The van der Waals surface area contributed by atoms with Crippen LogP contribution in [-0.2, 0) is 10.0 Å². The molecule has 184 valence electrons. The Bertz CT molecular complexity index is 1350. The highest BCUT2D eigenvalue weighted by molar-refractivity contribution is 7.89. The third kappa shape index (κ3) is 4.94. The van der Waals surface area contributed by atoms with Crippen molar-refractivity contribution in [2.24, 2.45) is 0 Å². The summed E-state index contributed by atoms with van der Waals surface area (Å²) in [6.07, 6.45) is 5.57. The molecule has 0 spiro atoms. The Morgan fingerprint density at radius 3 is 2.34 bits per heavy atom. The highest BCUT2D eigenvalue weighted by atomic mass is 35.5. The molecular weight excluding hydrogens is 488 g/mol. The fourth-order valence-corrected chi connectivity index (χ4v) is 6.27. The van der Waals surface area contributed by atoms with E-state index in [0.29, 0.717) is 42.6 Å². The molecule has 0 atom stereocenters. The van der Waals surface area contributed by atoms with Crippen LogP contribution in [0.5, 0.6) is 5.75 Å². The molecule has 5 rings (SSSR count). The van der Waals surface area contributed by atoms with Gasteiger partial charge in [-0.05, 0) is 56.0 Å². The molecule has 1 aliphatic heterocycles. The molecule has 2 aliphatic rings. The highest BCUT2D eigenvalue weighted by Gasteiger charge is 2.31. The molecule has 0 amide bonds. The lowest BCUT2D eigenvalue weighted by Crippen LogP contribution is -2.49. The summed E-state index contributed by atoms with van der Waals surface area (Å²) in [5.41, 5.74) is 0.803. The van der Waals surface area contributed by atoms with Crippen molar-refractivity contribution in [1.82, 2.24) is 14.1 Å². The van der Waals surface area contributed by atoms with E-state index in [0.717, 1.165) is 25.7 Å². The normalized spacial score (nSPS) is 17.6. The molecule has 0 N–H and O–H groups in total. The minimum absolute atomic E-state index is 0.0172. The second-order valence-electron chi connectivity index (χ2n) is 8.78. The first-order chi connectivity index (χ1) is 16.9. The van der Waals surface area contributed by atoms with Gasteiger partial charge < -0.3 is 9.64 Å². The summed E-state index contributed by atoms with van der Waals surface area (Å²) in [4.78, 5) is 15.8. The van der Waals surface area contributed by atoms with Crippen molar-refractivity contribution >= 4 is 27.3 Å². The van der Waals surface area contributed by atoms with Crippen LogP contribution in [-0.4, -0.2) is 54.8 Å². The van der Waals surface area contributed by atoms with Gasteiger partial charge in [0.05, 0.1) is 22.9 Å². The fraction of sp³-hybridized carbons (Fsp3) is 0.360. The fourth-order valence-electron chi connectivity index (χ4n) is 4.64. The molecule has 0 bridgehead atoms. The summed E-state index contributed by atoms with van der Waals surface area (Å²) in [7, 11) is -3.57. The number of ether oxygens (including phenoxy) is 1. The van der Waals surface area contributed by atoms with Crippen LogP contribution in [0.15, 0.2) is 70.5 Å². The molecule has 1 saturated heterocycles. The summed E-state index contributed by atoms with van der Waals surface area (Å²) in [6.45, 7) is 1.46. The van der Waals surface area contributed by atoms with E-state index in [9.17, 15) is 13.2 Å². The third-order valence-electron chi connectivity index (χ3n) is 6.51. The molecule has 2 aromatic carbocycles. The number of sulfonamides is 1. The first kappa shape index (κ1) is 23.8. The van der Waals surface area contributed by atoms with Gasteiger partial charge in [-0.1, -0.05) is 35.9 Å². The number of piperazine rings is 1. The maximum atomic E-state index is 13.5. The maximum Gasteiger partial charge on any atom is 0.316 e. The zero-order valence-corrected chi connectivity index (χ0v) is 20.8. The summed E-state index contributed by atoms with van der Waals surface area (Å²) in [5, 5.41) is 4.92. The van der Waals surface area contributed by atoms with Gasteiger partial charge in [-0.3, -0.25) is 4.79 Å². The predicted molar refractivity (Wildman–Crippen MR) is 135 cm³/mol. The minimum Gasteiger partial charge on any atom is -0.483 e. The molecule has 0 unspecified atom stereocenters. The number of aromatic nitrogens is 2. The van der Waals surface area contributed by atoms with Crippen LogP contribution in [0.1, 0.15) is 25.7 Å². The van der Waals surface area contributed by atoms with E-state index < -0.39 is 10.0 Å². The SMILES string of the molecule is O=c1c(OC2CCCC2)c(N2CCN(S(=O)(=O)c3ccccc3)CC2)cnn1-c1cccc(Cl)c1. The van der Waals surface area contributed by atoms with E-state index >= 15 is 0 Å². The van der Waals surface area contributed by atoms with E-state index in [-0.39, 0.29) is 22.3 Å². The second kappa shape index (κ2) is 10.0. The Balaban J connectivity index is 1.43. The van der Waals surface area contributed by atoms with Gasteiger partial charge in [-0.25, -0.2) is 8.42 Å². The van der Waals surface area contributed by atoms with Gasteiger partial charge in [0, 0.05) is 31.2 Å². The molecular formula is C25H27ClN4O4S. The highest BCUT2D eigenvalue weighted by Crippen LogP contribution is 2.31. The number of nitrogens with zero attached hydrogens (tertiary/aromatic N) is 4. The van der Waals surface area contributed by atoms with E-state index in [1.165, 1.54) is 8.99 Å². The Morgan fingerprint density at radius 1 is 0.943 bits per heavy atom. The minimum atomic E-state index is -3.57. The van der Waals surface area contributed by atoms with Crippen LogP contribution in [0.3, 0.4) is 0 Å². The molecule has 0 radical (unpaired) electrons. The van der Waals surface area contributed by atoms with Crippen molar-refractivity contribution in [3.8, 4) is 11.4 Å². The van der Waals surface area contributed by atoms with Crippen LogP contribution in [0.25, 0.3) is 5.69 Å². The molecule has 10 heteroatoms. The lowest BCUT2D eigenvalue weighted by Gasteiger charge is -2.36. The van der Waals surface area contributed by atoms with E-state index in [2.05, 4.69) is 5.10 Å². The Hall–Kier alpha value is -2.88. The zero-order valence-electron chi connectivity index (χ0n) is 19.2. The molecule has 2 fully saturated rings. The predicted octanol–water partition coefficient (Wildman–Crippen LogP) is 3.72. The van der Waals surface area contributed by atoms with Gasteiger partial charge >= 0.3 is 5.56 Å². The van der Waals surface area contributed by atoms with Crippen molar-refractivity contribution in [1.29, 1.82) is 0 Å². The molecule has 2 heterocycles. The summed E-state index contributed by atoms with van der Waals surface area (Å²) < 4.78 is 35.1. The number of anilines is 1. The molecule has 1 aromatic heterocycles. The average Bonchev–Trinajstić information content (AvgIpc) is 3.39. The number of halogens is 1. The van der Waals surface area contributed by atoms with Crippen molar-refractivity contribution in [2.75, 3.05) is 31.1 Å². The molecule has 8 nitrogen and oxygen atoms in total. The summed E-state index contributed by atoms with van der Waals surface area (Å²) in [5.74, 6) is 0.256. The Morgan fingerprint density at radius 2 is 1.66 bits per heavy atom. The molecule has 1 saturated carbocycles. The van der Waals surface area contributed by atoms with Gasteiger partial charge in [0.15, 0.2) is 0 Å². The van der Waals surface area contributed by atoms with Gasteiger partial charge in [0.25, 0.3) is 0 Å². The van der Waals surface area contributed by atoms with Gasteiger partial charge in [-0.2, -0.15) is 14.1 Å². The van der Waals surface area contributed by atoms with E-state index in [1.807, 2.05) is 4.90 Å². The second-order valence-corrected chi connectivity index (χ2v) is 11.2. The maximum absolute atomic E-state index is 13.5. The standard InChI is InChI=1S/C25H27ClN4O4S/c26-19-7-6-8-20(17-19)30-25(31)24(34-21-9-4-5-10-21)23(18-27-30)28-13-15-29(16-14-28)35(32,33)22-11-2-1-3-12-22/h1-3,6-8,11-12,17-18,21H,4-5,9-10,13-16H2. The van der Waals surface area contributed by atoms with E-state index in [1.54, 1.807) is 60.8 Å². The Kier molecular flexibility index (Phi) is 6.82. The smallest absolute Gasteiger partial charge is 0.316 e. The lowest BCUT2D eigenvalue weighted by atomic mass is 10.2. The van der Waals surface area contributed by atoms with Crippen LogP contribution in [0.2, 0.25) is 5.02 Å². The van der Waals surface area contributed by atoms with Crippen LogP contribution >= 0.6 is 11.6 Å². The van der Waals surface area contributed by atoms with Crippen molar-refractivity contribution in [3.63, 3.8) is 0 Å². The largest absolute Gasteiger partial charge is 0.483 e. The van der Waals surface area contributed by atoms with Crippen molar-refractivity contribution < 1.29 is 13.2 Å². The van der Waals surface area contributed by atoms with Gasteiger partial charge in [-0.15, -0.1) is 0 Å². The summed E-state index contributed by atoms with van der Waals surface area (Å²) >= 11 is 6.14. The van der Waals surface area contributed by atoms with Crippen LogP contribution in [0.4, 0.5) is 5.69 Å². The van der Waals surface area contributed by atoms with E-state index in [4.69, 9.17) is 16.3 Å². The van der Waals surface area contributed by atoms with Crippen molar-refractivity contribution in [2.45, 2.75) is 36.7 Å². The average molecular weight is 515 g/mol. The molecule has 1 aliphatic carbocycles. The van der Waals surface area contributed by atoms with Crippen molar-refractivity contribution in [3.05, 3.63) is 76.2 Å². The van der Waals surface area contributed by atoms with Gasteiger partial charge in [0.2, 0.25) is 15.8 Å².